The van der Waals surface area contributed by atoms with Crippen molar-refractivity contribution >= 4 is 12.0 Å². The molecule has 1 aromatic heterocycles. The third-order valence-electron chi connectivity index (χ3n) is 3.53. The van der Waals surface area contributed by atoms with E-state index in [1.807, 2.05) is 0 Å². The van der Waals surface area contributed by atoms with Gasteiger partial charge in [-0.2, -0.15) is 0 Å². The lowest BCUT2D eigenvalue weighted by Gasteiger charge is -2.14. The molecule has 116 valence electrons. The summed E-state index contributed by atoms with van der Waals surface area (Å²) in [6, 6.07) is 1.16. The summed E-state index contributed by atoms with van der Waals surface area (Å²) in [4.78, 5) is 24.8. The highest BCUT2D eigenvalue weighted by atomic mass is 16.4. The molecule has 0 aliphatic carbocycles. The second kappa shape index (κ2) is 7.12. The van der Waals surface area contributed by atoms with E-state index in [1.54, 1.807) is 6.92 Å². The summed E-state index contributed by atoms with van der Waals surface area (Å²) in [6.45, 7) is 5.42. The van der Waals surface area contributed by atoms with E-state index in [0.29, 0.717) is 18.1 Å². The van der Waals surface area contributed by atoms with E-state index in [9.17, 15) is 9.59 Å². The summed E-state index contributed by atoms with van der Waals surface area (Å²) in [6.07, 6.45) is 2.46. The molecule has 2 rings (SSSR count). The van der Waals surface area contributed by atoms with Crippen LogP contribution >= 0.6 is 0 Å². The number of nitrogens with zero attached hydrogens (tertiary/aromatic N) is 1. The van der Waals surface area contributed by atoms with Crippen LogP contribution in [0.3, 0.4) is 0 Å². The minimum Gasteiger partial charge on any atom is -0.478 e. The van der Waals surface area contributed by atoms with Gasteiger partial charge in [0.25, 0.3) is 0 Å². The molecule has 0 saturated carbocycles. The Morgan fingerprint density at radius 2 is 2.05 bits per heavy atom. The van der Waals surface area contributed by atoms with Crippen molar-refractivity contribution in [3.8, 4) is 0 Å². The average molecular weight is 295 g/mol. The maximum absolute atomic E-state index is 11.6. The first-order valence-corrected chi connectivity index (χ1v) is 7.13. The Morgan fingerprint density at radius 3 is 2.67 bits per heavy atom. The third kappa shape index (κ3) is 4.49. The summed E-state index contributed by atoms with van der Waals surface area (Å²) in [7, 11) is 0. The molecule has 7 nitrogen and oxygen atoms in total. The van der Waals surface area contributed by atoms with Crippen LogP contribution in [0.5, 0.6) is 0 Å². The number of carbonyl (C=O) groups is 2. The molecule has 1 fully saturated rings. The van der Waals surface area contributed by atoms with Crippen molar-refractivity contribution in [2.45, 2.75) is 26.3 Å². The highest BCUT2D eigenvalue weighted by molar-refractivity contribution is 5.88. The lowest BCUT2D eigenvalue weighted by Crippen LogP contribution is -2.39. The van der Waals surface area contributed by atoms with Crippen molar-refractivity contribution in [3.05, 3.63) is 23.2 Å². The Bertz CT molecular complexity index is 506. The number of hydrogen-bond acceptors (Lipinski definition) is 4. The van der Waals surface area contributed by atoms with E-state index < -0.39 is 5.97 Å². The average Bonchev–Trinajstić information content (AvgIpc) is 3.06. The van der Waals surface area contributed by atoms with Gasteiger partial charge in [-0.3, -0.25) is 0 Å². The van der Waals surface area contributed by atoms with Crippen LogP contribution in [0.25, 0.3) is 0 Å². The second-order valence-corrected chi connectivity index (χ2v) is 5.15. The van der Waals surface area contributed by atoms with E-state index in [0.717, 1.165) is 19.6 Å². The summed E-state index contributed by atoms with van der Waals surface area (Å²) in [5.74, 6) is -0.258. The maximum atomic E-state index is 11.6. The van der Waals surface area contributed by atoms with Gasteiger partial charge in [0.1, 0.15) is 17.1 Å². The lowest BCUT2D eigenvalue weighted by atomic mass is 10.2. The molecule has 0 unspecified atom stereocenters. The van der Waals surface area contributed by atoms with Gasteiger partial charge in [-0.15, -0.1) is 0 Å². The van der Waals surface area contributed by atoms with Crippen molar-refractivity contribution in [3.63, 3.8) is 0 Å². The number of carboxylic acids is 1. The van der Waals surface area contributed by atoms with E-state index in [-0.39, 0.29) is 18.1 Å². The van der Waals surface area contributed by atoms with Gasteiger partial charge in [0.05, 0.1) is 6.54 Å². The fourth-order valence-electron chi connectivity index (χ4n) is 2.41. The third-order valence-corrected chi connectivity index (χ3v) is 3.53. The number of amides is 2. The lowest BCUT2D eigenvalue weighted by molar-refractivity contribution is 0.0695. The zero-order chi connectivity index (χ0) is 15.2. The van der Waals surface area contributed by atoms with Crippen molar-refractivity contribution in [2.75, 3.05) is 26.2 Å². The molecular weight excluding hydrogens is 274 g/mol. The van der Waals surface area contributed by atoms with Gasteiger partial charge < -0.3 is 25.1 Å². The standard InChI is InChI=1S/C14H21N3O4/c1-10-12(13(18)19)8-11(21-10)9-16-14(20)15-4-7-17-5-2-3-6-17/h8H,2-7,9H2,1H3,(H,18,19)(H2,15,16,20). The molecule has 1 aromatic rings. The topological polar surface area (TPSA) is 94.8 Å². The monoisotopic (exact) mass is 295 g/mol. The molecular formula is C14H21N3O4. The van der Waals surface area contributed by atoms with Crippen LogP contribution in [0, 0.1) is 6.92 Å². The number of hydrogen-bond donors (Lipinski definition) is 3. The number of furan rings is 1. The molecule has 0 spiro atoms. The number of carboxylic acid groups (broad SMARTS) is 1. The quantitative estimate of drug-likeness (QED) is 0.732. The first kappa shape index (κ1) is 15.4. The van der Waals surface area contributed by atoms with Gasteiger partial charge in [0, 0.05) is 13.1 Å². The summed E-state index contributed by atoms with van der Waals surface area (Å²) < 4.78 is 5.28. The Hall–Kier alpha value is -2.02. The first-order valence-electron chi connectivity index (χ1n) is 7.13. The van der Waals surface area contributed by atoms with E-state index in [1.165, 1.54) is 18.9 Å². The van der Waals surface area contributed by atoms with E-state index in [2.05, 4.69) is 15.5 Å². The van der Waals surface area contributed by atoms with Gasteiger partial charge in [-0.1, -0.05) is 0 Å². The van der Waals surface area contributed by atoms with Gasteiger partial charge in [0.15, 0.2) is 0 Å². The molecule has 3 N–H and O–H groups in total. The second-order valence-electron chi connectivity index (χ2n) is 5.15. The zero-order valence-corrected chi connectivity index (χ0v) is 12.1. The van der Waals surface area contributed by atoms with Gasteiger partial charge in [-0.05, 0) is 38.9 Å². The summed E-state index contributed by atoms with van der Waals surface area (Å²) in [5.41, 5.74) is 0.126. The predicted octanol–water partition coefficient (Wildman–Crippen LogP) is 1.18. The Morgan fingerprint density at radius 1 is 1.33 bits per heavy atom. The van der Waals surface area contributed by atoms with Crippen LogP contribution < -0.4 is 10.6 Å². The number of rotatable bonds is 6. The molecule has 1 saturated heterocycles. The minimum atomic E-state index is -1.03. The Labute approximate surface area is 123 Å². The largest absolute Gasteiger partial charge is 0.478 e. The Kier molecular flexibility index (Phi) is 5.21. The first-order chi connectivity index (χ1) is 10.1. The molecule has 0 aromatic carbocycles. The van der Waals surface area contributed by atoms with Crippen molar-refractivity contribution < 1.29 is 19.1 Å². The van der Waals surface area contributed by atoms with Crippen LogP contribution in [0.2, 0.25) is 0 Å². The highest BCUT2D eigenvalue weighted by Gasteiger charge is 2.14. The summed E-state index contributed by atoms with van der Waals surface area (Å²) >= 11 is 0. The normalized spacial score (nSPS) is 15.1. The van der Waals surface area contributed by atoms with E-state index in [4.69, 9.17) is 9.52 Å². The summed E-state index contributed by atoms with van der Waals surface area (Å²) in [5, 5.41) is 14.3. The molecule has 0 radical (unpaired) electrons. The van der Waals surface area contributed by atoms with Crippen LogP contribution in [0.15, 0.2) is 10.5 Å². The molecule has 1 aliphatic heterocycles. The highest BCUT2D eigenvalue weighted by Crippen LogP contribution is 2.14. The SMILES string of the molecule is Cc1oc(CNC(=O)NCCN2CCCC2)cc1C(=O)O. The van der Waals surface area contributed by atoms with E-state index >= 15 is 0 Å². The van der Waals surface area contributed by atoms with Crippen LogP contribution in [-0.2, 0) is 6.54 Å². The Balaban J connectivity index is 1.68. The number of carbonyl (C=O) groups excluding carboxylic acids is 1. The van der Waals surface area contributed by atoms with Gasteiger partial charge >= 0.3 is 12.0 Å². The number of aromatic carboxylic acids is 1. The van der Waals surface area contributed by atoms with Crippen LogP contribution in [0.4, 0.5) is 4.79 Å². The molecule has 1 aliphatic rings. The van der Waals surface area contributed by atoms with Crippen molar-refractivity contribution in [2.24, 2.45) is 0 Å². The van der Waals surface area contributed by atoms with Crippen LogP contribution in [-0.4, -0.2) is 48.2 Å². The smallest absolute Gasteiger partial charge is 0.339 e. The maximum Gasteiger partial charge on any atom is 0.339 e. The predicted molar refractivity (Wildman–Crippen MR) is 76.3 cm³/mol. The number of likely N-dealkylation sites (tertiary alicyclic amines) is 1. The molecule has 2 heterocycles. The molecule has 0 bridgehead atoms. The fourth-order valence-corrected chi connectivity index (χ4v) is 2.41. The zero-order valence-electron chi connectivity index (χ0n) is 12.1. The van der Waals surface area contributed by atoms with Gasteiger partial charge in [-0.25, -0.2) is 9.59 Å². The van der Waals surface area contributed by atoms with Crippen LogP contribution in [0.1, 0.15) is 34.7 Å². The number of aryl methyl sites for hydroxylation is 1. The molecule has 2 amide bonds. The van der Waals surface area contributed by atoms with Crippen molar-refractivity contribution in [1.29, 1.82) is 0 Å². The van der Waals surface area contributed by atoms with Gasteiger partial charge in [0.2, 0.25) is 0 Å². The molecule has 7 heteroatoms. The molecule has 0 atom stereocenters. The van der Waals surface area contributed by atoms with Crippen molar-refractivity contribution in [1.82, 2.24) is 15.5 Å². The fraction of sp³-hybridized carbons (Fsp3) is 0.571. The molecule has 21 heavy (non-hydrogen) atoms. The number of urea groups is 1. The number of nitrogens with one attached hydrogen (secondary N) is 2. The minimum absolute atomic E-state index is 0.126.